The predicted molar refractivity (Wildman–Crippen MR) is 98.7 cm³/mol. The number of hydrogen-bond donors (Lipinski definition) is 0. The zero-order valence-corrected chi connectivity index (χ0v) is 14.9. The average Bonchev–Trinajstić information content (AvgIpc) is 2.67. The molecule has 3 nitrogen and oxygen atoms in total. The van der Waals surface area contributed by atoms with Crippen LogP contribution < -0.4 is 0 Å². The van der Waals surface area contributed by atoms with E-state index < -0.39 is 0 Å². The van der Waals surface area contributed by atoms with E-state index in [2.05, 4.69) is 26.0 Å². The van der Waals surface area contributed by atoms with Crippen LogP contribution in [0.3, 0.4) is 0 Å². The monoisotopic (exact) mass is 332 g/mol. The highest BCUT2D eigenvalue weighted by atomic mass is 16.5. The number of nitrogens with zero attached hydrogens (tertiary/aromatic N) is 2. The summed E-state index contributed by atoms with van der Waals surface area (Å²) in [6.07, 6.45) is 3.92. The molecule has 0 amide bonds. The SMILES string of the molecule is CCCC(OC(CCC)c1ccc(C#N)cc1)c1ccc(C#N)cc1. The van der Waals surface area contributed by atoms with Gasteiger partial charge in [0.25, 0.3) is 0 Å². The summed E-state index contributed by atoms with van der Waals surface area (Å²) < 4.78 is 6.48. The van der Waals surface area contributed by atoms with Gasteiger partial charge in [-0.3, -0.25) is 0 Å². The van der Waals surface area contributed by atoms with Gasteiger partial charge in [0, 0.05) is 0 Å². The first-order valence-electron chi connectivity index (χ1n) is 8.87. The fourth-order valence-corrected chi connectivity index (χ4v) is 2.89. The number of ether oxygens (including phenoxy) is 1. The van der Waals surface area contributed by atoms with E-state index in [1.54, 1.807) is 0 Å². The summed E-state index contributed by atoms with van der Waals surface area (Å²) in [4.78, 5) is 0. The van der Waals surface area contributed by atoms with Crippen molar-refractivity contribution < 1.29 is 4.74 Å². The summed E-state index contributed by atoms with van der Waals surface area (Å²) >= 11 is 0. The summed E-state index contributed by atoms with van der Waals surface area (Å²) in [7, 11) is 0. The largest absolute Gasteiger partial charge is 0.366 e. The highest BCUT2D eigenvalue weighted by molar-refractivity contribution is 5.34. The molecule has 0 aliphatic heterocycles. The van der Waals surface area contributed by atoms with Gasteiger partial charge in [-0.15, -0.1) is 0 Å². The van der Waals surface area contributed by atoms with Crippen LogP contribution in [0.4, 0.5) is 0 Å². The van der Waals surface area contributed by atoms with E-state index in [1.807, 2.05) is 48.5 Å². The van der Waals surface area contributed by atoms with E-state index >= 15 is 0 Å². The van der Waals surface area contributed by atoms with Gasteiger partial charge in [-0.05, 0) is 48.2 Å². The molecule has 0 aliphatic rings. The van der Waals surface area contributed by atoms with Gasteiger partial charge in [-0.2, -0.15) is 10.5 Å². The second-order valence-electron chi connectivity index (χ2n) is 6.16. The normalized spacial score (nSPS) is 12.8. The predicted octanol–water partition coefficient (Wildman–Crippen LogP) is 5.83. The quantitative estimate of drug-likeness (QED) is 0.611. The van der Waals surface area contributed by atoms with Crippen molar-refractivity contribution in [3.8, 4) is 12.1 Å². The minimum atomic E-state index is 0.00457. The molecule has 25 heavy (non-hydrogen) atoms. The Morgan fingerprint density at radius 2 is 1.08 bits per heavy atom. The standard InChI is InChI=1S/C22H24N2O/c1-3-5-21(19-11-7-17(15-23)8-12-19)25-22(6-4-2)20-13-9-18(16-24)10-14-20/h7-14,21-22H,3-6H2,1-2H3. The van der Waals surface area contributed by atoms with Gasteiger partial charge in [0.2, 0.25) is 0 Å². The molecule has 0 aliphatic carbocycles. The van der Waals surface area contributed by atoms with Gasteiger partial charge in [0.15, 0.2) is 0 Å². The molecule has 0 bridgehead atoms. The minimum absolute atomic E-state index is 0.00457. The van der Waals surface area contributed by atoms with Crippen LogP contribution in [-0.2, 0) is 4.74 Å². The zero-order valence-electron chi connectivity index (χ0n) is 14.9. The highest BCUT2D eigenvalue weighted by Gasteiger charge is 2.19. The maximum atomic E-state index is 8.97. The lowest BCUT2D eigenvalue weighted by atomic mass is 10.0. The summed E-state index contributed by atoms with van der Waals surface area (Å²) in [6, 6.07) is 19.6. The Hall–Kier alpha value is -2.62. The molecule has 0 spiro atoms. The number of nitriles is 2. The Labute approximate surface area is 150 Å². The van der Waals surface area contributed by atoms with Crippen molar-refractivity contribution in [2.75, 3.05) is 0 Å². The minimum Gasteiger partial charge on any atom is -0.366 e. The Morgan fingerprint density at radius 3 is 1.36 bits per heavy atom. The van der Waals surface area contributed by atoms with E-state index in [9.17, 15) is 0 Å². The zero-order chi connectivity index (χ0) is 18.1. The molecule has 0 N–H and O–H groups in total. The van der Waals surface area contributed by atoms with Crippen molar-refractivity contribution in [1.29, 1.82) is 10.5 Å². The third kappa shape index (κ3) is 5.18. The third-order valence-electron chi connectivity index (χ3n) is 4.25. The van der Waals surface area contributed by atoms with Crippen LogP contribution in [0.1, 0.15) is 74.0 Å². The molecule has 0 saturated carbocycles. The van der Waals surface area contributed by atoms with Gasteiger partial charge < -0.3 is 4.74 Å². The van der Waals surface area contributed by atoms with E-state index in [0.717, 1.165) is 36.8 Å². The van der Waals surface area contributed by atoms with Crippen LogP contribution in [0.15, 0.2) is 48.5 Å². The molecule has 0 aromatic heterocycles. The maximum absolute atomic E-state index is 8.97. The molecule has 2 atom stereocenters. The van der Waals surface area contributed by atoms with Crippen molar-refractivity contribution in [3.63, 3.8) is 0 Å². The van der Waals surface area contributed by atoms with Gasteiger partial charge >= 0.3 is 0 Å². The van der Waals surface area contributed by atoms with Gasteiger partial charge in [-0.1, -0.05) is 51.0 Å². The van der Waals surface area contributed by atoms with Crippen molar-refractivity contribution >= 4 is 0 Å². The fourth-order valence-electron chi connectivity index (χ4n) is 2.89. The van der Waals surface area contributed by atoms with E-state index in [1.165, 1.54) is 0 Å². The molecule has 0 radical (unpaired) electrons. The van der Waals surface area contributed by atoms with Crippen LogP contribution in [0.25, 0.3) is 0 Å². The molecule has 0 fully saturated rings. The second-order valence-corrected chi connectivity index (χ2v) is 6.16. The topological polar surface area (TPSA) is 56.8 Å². The molecule has 0 saturated heterocycles. The third-order valence-corrected chi connectivity index (χ3v) is 4.25. The Balaban J connectivity index is 2.22. The molecular formula is C22H24N2O. The average molecular weight is 332 g/mol. The van der Waals surface area contributed by atoms with Crippen molar-refractivity contribution in [2.45, 2.75) is 51.7 Å². The maximum Gasteiger partial charge on any atom is 0.0991 e. The van der Waals surface area contributed by atoms with E-state index in [0.29, 0.717) is 11.1 Å². The smallest absolute Gasteiger partial charge is 0.0991 e. The summed E-state index contributed by atoms with van der Waals surface area (Å²) in [5.74, 6) is 0. The van der Waals surface area contributed by atoms with Crippen molar-refractivity contribution in [3.05, 3.63) is 70.8 Å². The lowest BCUT2D eigenvalue weighted by molar-refractivity contribution is -0.0247. The van der Waals surface area contributed by atoms with E-state index in [-0.39, 0.29) is 12.2 Å². The molecule has 2 rings (SSSR count). The second kappa shape index (κ2) is 9.62. The van der Waals surface area contributed by atoms with Gasteiger partial charge in [0.1, 0.15) is 0 Å². The van der Waals surface area contributed by atoms with Crippen LogP contribution >= 0.6 is 0 Å². The molecule has 128 valence electrons. The van der Waals surface area contributed by atoms with Gasteiger partial charge in [-0.25, -0.2) is 0 Å². The first-order chi connectivity index (χ1) is 12.2. The van der Waals surface area contributed by atoms with Crippen molar-refractivity contribution in [2.24, 2.45) is 0 Å². The first kappa shape index (κ1) is 18.7. The molecular weight excluding hydrogens is 308 g/mol. The Bertz CT molecular complexity index is 670. The summed E-state index contributed by atoms with van der Waals surface area (Å²) in [6.45, 7) is 4.30. The Kier molecular flexibility index (Phi) is 7.20. The Morgan fingerprint density at radius 1 is 0.720 bits per heavy atom. The number of hydrogen-bond acceptors (Lipinski definition) is 3. The molecule has 3 heteroatoms. The fraction of sp³-hybridized carbons (Fsp3) is 0.364. The van der Waals surface area contributed by atoms with Crippen LogP contribution in [0, 0.1) is 22.7 Å². The van der Waals surface area contributed by atoms with Crippen LogP contribution in [0.5, 0.6) is 0 Å². The molecule has 2 aromatic carbocycles. The lowest BCUT2D eigenvalue weighted by Gasteiger charge is -2.25. The lowest BCUT2D eigenvalue weighted by Crippen LogP contribution is -2.11. The van der Waals surface area contributed by atoms with Crippen LogP contribution in [0.2, 0.25) is 0 Å². The van der Waals surface area contributed by atoms with Gasteiger partial charge in [0.05, 0.1) is 35.5 Å². The summed E-state index contributed by atoms with van der Waals surface area (Å²) in [5.41, 5.74) is 3.54. The van der Waals surface area contributed by atoms with E-state index in [4.69, 9.17) is 15.3 Å². The summed E-state index contributed by atoms with van der Waals surface area (Å²) in [5, 5.41) is 17.9. The first-order valence-corrected chi connectivity index (χ1v) is 8.87. The number of benzene rings is 2. The molecule has 0 heterocycles. The molecule has 2 unspecified atom stereocenters. The highest BCUT2D eigenvalue weighted by Crippen LogP contribution is 2.33. The van der Waals surface area contributed by atoms with Crippen LogP contribution in [-0.4, -0.2) is 0 Å². The molecule has 2 aromatic rings. The van der Waals surface area contributed by atoms with Crippen molar-refractivity contribution in [1.82, 2.24) is 0 Å². The number of rotatable bonds is 8.